The monoisotopic (exact) mass is 365 g/mol. The van der Waals surface area contributed by atoms with Crippen molar-refractivity contribution >= 4 is 11.6 Å². The lowest BCUT2D eigenvalue weighted by Crippen LogP contribution is -2.37. The van der Waals surface area contributed by atoms with E-state index in [0.29, 0.717) is 29.8 Å². The lowest BCUT2D eigenvalue weighted by Gasteiger charge is -2.27. The first-order valence-corrected chi connectivity index (χ1v) is 8.83. The van der Waals surface area contributed by atoms with Crippen molar-refractivity contribution in [3.8, 4) is 5.75 Å². The quantitative estimate of drug-likeness (QED) is 0.716. The van der Waals surface area contributed by atoms with Crippen LogP contribution in [-0.2, 0) is 6.54 Å². The van der Waals surface area contributed by atoms with E-state index in [0.717, 1.165) is 12.1 Å². The van der Waals surface area contributed by atoms with Crippen molar-refractivity contribution in [1.29, 1.82) is 0 Å². The van der Waals surface area contributed by atoms with E-state index in [1.54, 1.807) is 36.4 Å². The van der Waals surface area contributed by atoms with Gasteiger partial charge in [0.25, 0.3) is 0 Å². The first-order chi connectivity index (χ1) is 11.9. The summed E-state index contributed by atoms with van der Waals surface area (Å²) in [6.07, 6.45) is -0.616. The molecule has 0 saturated carbocycles. The minimum atomic E-state index is -0.616. The summed E-state index contributed by atoms with van der Waals surface area (Å²) in [5, 5.41) is 11.0. The van der Waals surface area contributed by atoms with Crippen LogP contribution in [0, 0.1) is 11.7 Å². The average molecular weight is 366 g/mol. The summed E-state index contributed by atoms with van der Waals surface area (Å²) in [6, 6.07) is 13.5. The van der Waals surface area contributed by atoms with Crippen LogP contribution in [0.3, 0.4) is 0 Å². The highest BCUT2D eigenvalue weighted by Gasteiger charge is 2.14. The Bertz CT molecular complexity index is 631. The molecule has 1 atom stereocenters. The second kappa shape index (κ2) is 9.76. The molecule has 0 aliphatic rings. The Balaban J connectivity index is 1.88. The fourth-order valence-corrected chi connectivity index (χ4v) is 2.77. The number of aliphatic hydroxyl groups is 1. The van der Waals surface area contributed by atoms with Crippen molar-refractivity contribution in [3.05, 3.63) is 64.9 Å². The molecule has 0 radical (unpaired) electrons. The number of ether oxygens (including phenoxy) is 1. The fourth-order valence-electron chi connectivity index (χ4n) is 2.64. The van der Waals surface area contributed by atoms with E-state index in [1.807, 2.05) is 0 Å². The zero-order chi connectivity index (χ0) is 18.2. The van der Waals surface area contributed by atoms with E-state index in [1.165, 1.54) is 12.1 Å². The molecule has 0 amide bonds. The second-order valence-corrected chi connectivity index (χ2v) is 7.07. The van der Waals surface area contributed by atoms with Crippen LogP contribution < -0.4 is 4.74 Å². The molecule has 0 bridgehead atoms. The summed E-state index contributed by atoms with van der Waals surface area (Å²) in [7, 11) is 0. The van der Waals surface area contributed by atoms with Crippen molar-refractivity contribution in [2.75, 3.05) is 19.7 Å². The molecule has 136 valence electrons. The van der Waals surface area contributed by atoms with Crippen molar-refractivity contribution in [3.63, 3.8) is 0 Å². The topological polar surface area (TPSA) is 32.7 Å². The molecule has 0 fully saturated rings. The van der Waals surface area contributed by atoms with Crippen molar-refractivity contribution in [1.82, 2.24) is 4.90 Å². The molecular formula is C20H25ClFNO2. The van der Waals surface area contributed by atoms with E-state index in [-0.39, 0.29) is 12.4 Å². The van der Waals surface area contributed by atoms with Crippen LogP contribution in [0.2, 0.25) is 5.02 Å². The molecule has 2 aromatic rings. The molecule has 2 aromatic carbocycles. The van der Waals surface area contributed by atoms with Crippen LogP contribution >= 0.6 is 11.6 Å². The fraction of sp³-hybridized carbons (Fsp3) is 0.400. The maximum atomic E-state index is 13.1. The largest absolute Gasteiger partial charge is 0.491 e. The van der Waals surface area contributed by atoms with E-state index in [4.69, 9.17) is 16.3 Å². The van der Waals surface area contributed by atoms with Gasteiger partial charge in [-0.2, -0.15) is 0 Å². The van der Waals surface area contributed by atoms with Gasteiger partial charge >= 0.3 is 0 Å². The minimum absolute atomic E-state index is 0.208. The smallest absolute Gasteiger partial charge is 0.123 e. The molecule has 0 aliphatic carbocycles. The highest BCUT2D eigenvalue weighted by Crippen LogP contribution is 2.16. The van der Waals surface area contributed by atoms with Gasteiger partial charge in [-0.15, -0.1) is 0 Å². The van der Waals surface area contributed by atoms with Gasteiger partial charge in [0.05, 0.1) is 0 Å². The van der Waals surface area contributed by atoms with Gasteiger partial charge in [0.1, 0.15) is 24.3 Å². The Labute approximate surface area is 154 Å². The predicted molar refractivity (Wildman–Crippen MR) is 99.5 cm³/mol. The number of aliphatic hydroxyl groups excluding tert-OH is 1. The molecule has 0 aromatic heterocycles. The summed E-state index contributed by atoms with van der Waals surface area (Å²) in [6.45, 7) is 6.47. The summed E-state index contributed by atoms with van der Waals surface area (Å²) >= 11 is 5.84. The van der Waals surface area contributed by atoms with Gasteiger partial charge in [-0.25, -0.2) is 4.39 Å². The molecule has 3 nitrogen and oxygen atoms in total. The summed E-state index contributed by atoms with van der Waals surface area (Å²) < 4.78 is 18.7. The van der Waals surface area contributed by atoms with Gasteiger partial charge in [-0.05, 0) is 47.9 Å². The van der Waals surface area contributed by atoms with Crippen molar-refractivity contribution in [2.45, 2.75) is 26.5 Å². The maximum absolute atomic E-state index is 13.1. The Morgan fingerprint density at radius 3 is 2.28 bits per heavy atom. The number of hydrogen-bond donors (Lipinski definition) is 1. The van der Waals surface area contributed by atoms with Crippen molar-refractivity contribution < 1.29 is 14.2 Å². The third-order valence-electron chi connectivity index (χ3n) is 3.67. The molecule has 25 heavy (non-hydrogen) atoms. The molecular weight excluding hydrogens is 341 g/mol. The lowest BCUT2D eigenvalue weighted by atomic mass is 10.1. The highest BCUT2D eigenvalue weighted by molar-refractivity contribution is 6.30. The first-order valence-electron chi connectivity index (χ1n) is 8.45. The summed E-state index contributed by atoms with van der Waals surface area (Å²) in [5.74, 6) is 0.901. The molecule has 0 aliphatic heterocycles. The van der Waals surface area contributed by atoms with Crippen LogP contribution in [0.5, 0.6) is 5.75 Å². The molecule has 5 heteroatoms. The summed E-state index contributed by atoms with van der Waals surface area (Å²) in [5.41, 5.74) is 1.02. The number of rotatable bonds is 9. The zero-order valence-electron chi connectivity index (χ0n) is 14.7. The molecule has 0 heterocycles. The summed E-state index contributed by atoms with van der Waals surface area (Å²) in [4.78, 5) is 2.16. The van der Waals surface area contributed by atoms with Gasteiger partial charge in [0, 0.05) is 24.7 Å². The van der Waals surface area contributed by atoms with E-state index < -0.39 is 6.10 Å². The third kappa shape index (κ3) is 7.43. The number of benzene rings is 2. The van der Waals surface area contributed by atoms with E-state index >= 15 is 0 Å². The van der Waals surface area contributed by atoms with Gasteiger partial charge < -0.3 is 9.84 Å². The van der Waals surface area contributed by atoms with Gasteiger partial charge in [0.2, 0.25) is 0 Å². The molecule has 0 saturated heterocycles. The molecule has 2 rings (SSSR count). The Kier molecular flexibility index (Phi) is 7.69. The number of hydrogen-bond acceptors (Lipinski definition) is 3. The predicted octanol–water partition coefficient (Wildman–Crippen LogP) is 4.38. The van der Waals surface area contributed by atoms with E-state index in [9.17, 15) is 9.50 Å². The molecule has 0 unspecified atom stereocenters. The standard InChI is InChI=1S/C20H25ClFNO2/c1-15(2)11-23(12-16-3-7-18(22)8-4-16)13-19(24)14-25-20-9-5-17(21)6-10-20/h3-10,15,19,24H,11-14H2,1-2H3/t19-/m1/s1. The van der Waals surface area contributed by atoms with E-state index in [2.05, 4.69) is 18.7 Å². The Hall–Kier alpha value is -1.62. The van der Waals surface area contributed by atoms with Gasteiger partial charge in [0.15, 0.2) is 0 Å². The zero-order valence-corrected chi connectivity index (χ0v) is 15.4. The van der Waals surface area contributed by atoms with Crippen molar-refractivity contribution in [2.24, 2.45) is 5.92 Å². The van der Waals surface area contributed by atoms with Crippen LogP contribution in [-0.4, -0.2) is 35.8 Å². The average Bonchev–Trinajstić information content (AvgIpc) is 2.56. The lowest BCUT2D eigenvalue weighted by molar-refractivity contribution is 0.0615. The molecule has 1 N–H and O–H groups in total. The third-order valence-corrected chi connectivity index (χ3v) is 3.92. The van der Waals surface area contributed by atoms with Gasteiger partial charge in [-0.1, -0.05) is 37.6 Å². The second-order valence-electron chi connectivity index (χ2n) is 6.63. The van der Waals surface area contributed by atoms with Crippen LogP contribution in [0.4, 0.5) is 4.39 Å². The van der Waals surface area contributed by atoms with Gasteiger partial charge in [-0.3, -0.25) is 4.90 Å². The maximum Gasteiger partial charge on any atom is 0.123 e. The highest BCUT2D eigenvalue weighted by atomic mass is 35.5. The molecule has 0 spiro atoms. The first kappa shape index (κ1) is 19.7. The van der Waals surface area contributed by atoms with Crippen LogP contribution in [0.25, 0.3) is 0 Å². The Morgan fingerprint density at radius 2 is 1.68 bits per heavy atom. The normalized spacial score (nSPS) is 12.6. The number of nitrogens with zero attached hydrogens (tertiary/aromatic N) is 1. The SMILES string of the molecule is CC(C)CN(Cc1ccc(F)cc1)C[C@@H](O)COc1ccc(Cl)cc1. The minimum Gasteiger partial charge on any atom is -0.491 e. The number of halogens is 2. The van der Waals surface area contributed by atoms with Crippen LogP contribution in [0.1, 0.15) is 19.4 Å². The van der Waals surface area contributed by atoms with Crippen LogP contribution in [0.15, 0.2) is 48.5 Å². The Morgan fingerprint density at radius 1 is 1.04 bits per heavy atom.